The molecule has 1 N–H and O–H groups in total. The minimum absolute atomic E-state index is 0.209. The maximum Gasteiger partial charge on any atom is 0.220 e. The van der Waals surface area contributed by atoms with Crippen molar-refractivity contribution in [2.75, 3.05) is 20.1 Å². The first-order valence-corrected chi connectivity index (χ1v) is 7.56. The van der Waals surface area contributed by atoms with E-state index < -0.39 is 0 Å². The number of rotatable bonds is 7. The number of carbonyl (C=O) groups excluding carboxylic acids is 1. The molecule has 0 heterocycles. The molecule has 1 amide bonds. The Balaban J connectivity index is 2.07. The molecule has 0 spiro atoms. The Morgan fingerprint density at radius 2 is 1.94 bits per heavy atom. The Bertz CT molecular complexity index is 235. The first-order chi connectivity index (χ1) is 8.59. The second-order valence-corrected chi connectivity index (χ2v) is 6.05. The van der Waals surface area contributed by atoms with E-state index >= 15 is 0 Å². The van der Waals surface area contributed by atoms with Crippen molar-refractivity contribution in [3.8, 4) is 0 Å². The SMILES string of the molecule is CC(C)CCC(=O)NCCN(C)C1CCCCC1. The van der Waals surface area contributed by atoms with Gasteiger partial charge in [-0.2, -0.15) is 0 Å². The van der Waals surface area contributed by atoms with Gasteiger partial charge in [0.1, 0.15) is 0 Å². The van der Waals surface area contributed by atoms with Crippen molar-refractivity contribution in [2.24, 2.45) is 5.92 Å². The highest BCUT2D eigenvalue weighted by Crippen LogP contribution is 2.21. The van der Waals surface area contributed by atoms with Crippen LogP contribution in [0, 0.1) is 5.92 Å². The van der Waals surface area contributed by atoms with E-state index in [4.69, 9.17) is 0 Å². The first-order valence-electron chi connectivity index (χ1n) is 7.56. The molecule has 0 aromatic rings. The summed E-state index contributed by atoms with van der Waals surface area (Å²) in [4.78, 5) is 14.0. The summed E-state index contributed by atoms with van der Waals surface area (Å²) in [5.41, 5.74) is 0. The molecular weight excluding hydrogens is 224 g/mol. The van der Waals surface area contributed by atoms with E-state index in [2.05, 4.69) is 31.1 Å². The minimum Gasteiger partial charge on any atom is -0.355 e. The van der Waals surface area contributed by atoms with Crippen LogP contribution in [-0.4, -0.2) is 37.0 Å². The third-order valence-corrected chi connectivity index (χ3v) is 3.93. The van der Waals surface area contributed by atoms with Crippen LogP contribution in [0.5, 0.6) is 0 Å². The summed E-state index contributed by atoms with van der Waals surface area (Å²) in [6, 6.07) is 0.742. The lowest BCUT2D eigenvalue weighted by atomic mass is 9.94. The molecule has 0 aliphatic heterocycles. The van der Waals surface area contributed by atoms with Crippen molar-refractivity contribution in [1.29, 1.82) is 0 Å². The molecule has 1 fully saturated rings. The van der Waals surface area contributed by atoms with Gasteiger partial charge in [-0.15, -0.1) is 0 Å². The number of hydrogen-bond donors (Lipinski definition) is 1. The molecular formula is C15H30N2O. The number of amides is 1. The molecule has 0 atom stereocenters. The summed E-state index contributed by atoms with van der Waals surface area (Å²) < 4.78 is 0. The summed E-state index contributed by atoms with van der Waals surface area (Å²) in [7, 11) is 2.19. The summed E-state index contributed by atoms with van der Waals surface area (Å²) in [6.07, 6.45) is 8.46. The van der Waals surface area contributed by atoms with Crippen molar-refractivity contribution in [3.05, 3.63) is 0 Å². The molecule has 1 aliphatic carbocycles. The second-order valence-electron chi connectivity index (χ2n) is 6.05. The zero-order valence-corrected chi connectivity index (χ0v) is 12.4. The zero-order valence-electron chi connectivity index (χ0n) is 12.4. The molecule has 0 bridgehead atoms. The number of nitrogens with one attached hydrogen (secondary N) is 1. The van der Waals surface area contributed by atoms with Gasteiger partial charge in [-0.3, -0.25) is 4.79 Å². The third-order valence-electron chi connectivity index (χ3n) is 3.93. The molecule has 1 saturated carbocycles. The topological polar surface area (TPSA) is 32.3 Å². The van der Waals surface area contributed by atoms with E-state index in [1.807, 2.05) is 0 Å². The molecule has 3 nitrogen and oxygen atoms in total. The van der Waals surface area contributed by atoms with Gasteiger partial charge in [0.2, 0.25) is 5.91 Å². The van der Waals surface area contributed by atoms with Crippen LogP contribution in [0.2, 0.25) is 0 Å². The Morgan fingerprint density at radius 1 is 1.28 bits per heavy atom. The lowest BCUT2D eigenvalue weighted by molar-refractivity contribution is -0.121. The quantitative estimate of drug-likeness (QED) is 0.757. The van der Waals surface area contributed by atoms with E-state index in [9.17, 15) is 4.79 Å². The second kappa shape index (κ2) is 8.52. The Hall–Kier alpha value is -0.570. The lowest BCUT2D eigenvalue weighted by Gasteiger charge is -2.31. The lowest BCUT2D eigenvalue weighted by Crippen LogP contribution is -2.39. The van der Waals surface area contributed by atoms with Gasteiger partial charge in [0, 0.05) is 25.6 Å². The fourth-order valence-corrected chi connectivity index (χ4v) is 2.58. The van der Waals surface area contributed by atoms with Crippen LogP contribution < -0.4 is 5.32 Å². The average Bonchev–Trinajstić information content (AvgIpc) is 2.37. The standard InChI is InChI=1S/C15H30N2O/c1-13(2)9-10-15(18)16-11-12-17(3)14-7-5-4-6-8-14/h13-14H,4-12H2,1-3H3,(H,16,18). The van der Waals surface area contributed by atoms with E-state index in [1.54, 1.807) is 0 Å². The van der Waals surface area contributed by atoms with Crippen LogP contribution in [0.25, 0.3) is 0 Å². The van der Waals surface area contributed by atoms with Gasteiger partial charge in [0.05, 0.1) is 0 Å². The number of carbonyl (C=O) groups is 1. The Kier molecular flexibility index (Phi) is 7.33. The molecule has 3 heteroatoms. The molecule has 18 heavy (non-hydrogen) atoms. The smallest absolute Gasteiger partial charge is 0.220 e. The van der Waals surface area contributed by atoms with E-state index in [0.29, 0.717) is 12.3 Å². The Labute approximate surface area is 112 Å². The van der Waals surface area contributed by atoms with Crippen LogP contribution in [0.3, 0.4) is 0 Å². The first kappa shape index (κ1) is 15.5. The minimum atomic E-state index is 0.209. The largest absolute Gasteiger partial charge is 0.355 e. The molecule has 0 radical (unpaired) electrons. The highest BCUT2D eigenvalue weighted by Gasteiger charge is 2.17. The predicted octanol–water partition coefficient (Wildman–Crippen LogP) is 2.80. The number of likely N-dealkylation sites (N-methyl/N-ethyl adjacent to an activating group) is 1. The van der Waals surface area contributed by atoms with E-state index in [1.165, 1.54) is 32.1 Å². The average molecular weight is 254 g/mol. The van der Waals surface area contributed by atoms with Crippen molar-refractivity contribution in [1.82, 2.24) is 10.2 Å². The normalized spacial score (nSPS) is 17.4. The predicted molar refractivity (Wildman–Crippen MR) is 76.6 cm³/mol. The highest BCUT2D eigenvalue weighted by molar-refractivity contribution is 5.75. The molecule has 1 aliphatic rings. The molecule has 0 saturated heterocycles. The van der Waals surface area contributed by atoms with Gasteiger partial charge in [-0.25, -0.2) is 0 Å². The fourth-order valence-electron chi connectivity index (χ4n) is 2.58. The van der Waals surface area contributed by atoms with Crippen molar-refractivity contribution >= 4 is 5.91 Å². The Morgan fingerprint density at radius 3 is 2.56 bits per heavy atom. The fraction of sp³-hybridized carbons (Fsp3) is 0.933. The maximum absolute atomic E-state index is 11.6. The molecule has 0 aromatic heterocycles. The van der Waals surface area contributed by atoms with Gasteiger partial charge in [-0.1, -0.05) is 33.1 Å². The van der Waals surface area contributed by atoms with Crippen molar-refractivity contribution < 1.29 is 4.79 Å². The van der Waals surface area contributed by atoms with Crippen LogP contribution in [0.4, 0.5) is 0 Å². The van der Waals surface area contributed by atoms with Crippen molar-refractivity contribution in [3.63, 3.8) is 0 Å². The summed E-state index contributed by atoms with van der Waals surface area (Å²) >= 11 is 0. The highest BCUT2D eigenvalue weighted by atomic mass is 16.1. The van der Waals surface area contributed by atoms with E-state index in [0.717, 1.165) is 25.6 Å². The van der Waals surface area contributed by atoms with Crippen LogP contribution in [0.1, 0.15) is 58.8 Å². The van der Waals surface area contributed by atoms with Gasteiger partial charge in [0.15, 0.2) is 0 Å². The molecule has 0 unspecified atom stereocenters. The van der Waals surface area contributed by atoms with Crippen LogP contribution in [-0.2, 0) is 4.79 Å². The van der Waals surface area contributed by atoms with E-state index in [-0.39, 0.29) is 5.91 Å². The zero-order chi connectivity index (χ0) is 13.4. The van der Waals surface area contributed by atoms with Gasteiger partial charge in [0.25, 0.3) is 0 Å². The summed E-state index contributed by atoms with van der Waals surface area (Å²) in [5.74, 6) is 0.821. The van der Waals surface area contributed by atoms with Crippen LogP contribution in [0.15, 0.2) is 0 Å². The summed E-state index contributed by atoms with van der Waals surface area (Å²) in [5, 5.41) is 3.03. The number of hydrogen-bond acceptors (Lipinski definition) is 2. The summed E-state index contributed by atoms with van der Waals surface area (Å²) in [6.45, 7) is 6.09. The third kappa shape index (κ3) is 6.39. The monoisotopic (exact) mass is 254 g/mol. The molecule has 1 rings (SSSR count). The maximum atomic E-state index is 11.6. The van der Waals surface area contributed by atoms with Crippen LogP contribution >= 0.6 is 0 Å². The molecule has 0 aromatic carbocycles. The molecule has 106 valence electrons. The number of nitrogens with zero attached hydrogens (tertiary/aromatic N) is 1. The van der Waals surface area contributed by atoms with Gasteiger partial charge in [-0.05, 0) is 32.2 Å². The van der Waals surface area contributed by atoms with Crippen molar-refractivity contribution in [2.45, 2.75) is 64.8 Å². The van der Waals surface area contributed by atoms with Gasteiger partial charge >= 0.3 is 0 Å². The van der Waals surface area contributed by atoms with Gasteiger partial charge < -0.3 is 10.2 Å².